The van der Waals surface area contributed by atoms with Crippen molar-refractivity contribution in [3.63, 3.8) is 0 Å². The van der Waals surface area contributed by atoms with Crippen molar-refractivity contribution in [1.29, 1.82) is 0 Å². The van der Waals surface area contributed by atoms with E-state index in [1.165, 1.54) is 0 Å². The Hall–Kier alpha value is -1.96. The normalized spacial score (nSPS) is 12.9. The van der Waals surface area contributed by atoms with Crippen molar-refractivity contribution >= 4 is 0 Å². The molecule has 2 rings (SSSR count). The first kappa shape index (κ1) is 14.4. The molecule has 108 valence electrons. The lowest BCUT2D eigenvalue weighted by molar-refractivity contribution is -0.00754. The third-order valence-electron chi connectivity index (χ3n) is 2.47. The predicted octanol–water partition coefficient (Wildman–Crippen LogP) is 2.11. The highest BCUT2D eigenvalue weighted by atomic mass is 19.3. The van der Waals surface area contributed by atoms with Gasteiger partial charge < -0.3 is 9.63 Å². The highest BCUT2D eigenvalue weighted by Crippen LogP contribution is 2.13. The molecule has 20 heavy (non-hydrogen) atoms. The monoisotopic (exact) mass is 290 g/mol. The Balaban J connectivity index is 2.05. The summed E-state index contributed by atoms with van der Waals surface area (Å²) in [5, 5.41) is 12.5. The molecular weight excluding hydrogens is 280 g/mol. The fourth-order valence-electron chi connectivity index (χ4n) is 1.61. The van der Waals surface area contributed by atoms with E-state index in [0.717, 1.165) is 18.2 Å². The molecule has 1 unspecified atom stereocenters. The number of aliphatic hydroxyl groups excluding tert-OH is 1. The van der Waals surface area contributed by atoms with E-state index in [4.69, 9.17) is 5.11 Å². The van der Waals surface area contributed by atoms with Crippen LogP contribution in [-0.4, -0.2) is 27.8 Å². The smallest absolute Gasteiger partial charge is 0.264 e. The maximum atomic E-state index is 13.0. The van der Waals surface area contributed by atoms with Gasteiger partial charge in [0.2, 0.25) is 5.89 Å². The van der Waals surface area contributed by atoms with Gasteiger partial charge in [-0.3, -0.25) is 0 Å². The molecule has 1 heterocycles. The van der Waals surface area contributed by atoms with Gasteiger partial charge in [-0.15, -0.1) is 0 Å². The largest absolute Gasteiger partial charge is 0.387 e. The van der Waals surface area contributed by atoms with Crippen LogP contribution in [0.4, 0.5) is 17.6 Å². The van der Waals surface area contributed by atoms with Crippen molar-refractivity contribution < 1.29 is 27.2 Å². The van der Waals surface area contributed by atoms with Crippen molar-refractivity contribution in [2.75, 3.05) is 0 Å². The summed E-state index contributed by atoms with van der Waals surface area (Å²) in [5.74, 6) is -1.55. The summed E-state index contributed by atoms with van der Waals surface area (Å²) in [7, 11) is 0. The fraction of sp³-hybridized carbons (Fsp3) is 0.333. The quantitative estimate of drug-likeness (QED) is 0.857. The van der Waals surface area contributed by atoms with Gasteiger partial charge in [-0.1, -0.05) is 5.16 Å². The van der Waals surface area contributed by atoms with Gasteiger partial charge in [-0.2, -0.15) is 4.98 Å². The molecule has 0 bridgehead atoms. The summed E-state index contributed by atoms with van der Waals surface area (Å²) in [6, 6.07) is 2.93. The third-order valence-corrected chi connectivity index (χ3v) is 2.47. The van der Waals surface area contributed by atoms with Gasteiger partial charge in [0, 0.05) is 12.5 Å². The van der Waals surface area contributed by atoms with Gasteiger partial charge in [-0.05, 0) is 17.7 Å². The van der Waals surface area contributed by atoms with Crippen LogP contribution in [0.2, 0.25) is 0 Å². The lowest BCUT2D eigenvalue weighted by Crippen LogP contribution is -2.20. The lowest BCUT2D eigenvalue weighted by atomic mass is 10.1. The summed E-state index contributed by atoms with van der Waals surface area (Å²) in [5.41, 5.74) is 0.282. The molecule has 0 aliphatic carbocycles. The van der Waals surface area contributed by atoms with Gasteiger partial charge in [-0.25, -0.2) is 17.6 Å². The highest BCUT2D eigenvalue weighted by molar-refractivity contribution is 5.21. The number of aromatic nitrogens is 2. The van der Waals surface area contributed by atoms with E-state index in [2.05, 4.69) is 14.7 Å². The maximum Gasteiger partial charge on any atom is 0.264 e. The molecule has 0 amide bonds. The molecule has 1 aromatic carbocycles. The summed E-state index contributed by atoms with van der Waals surface area (Å²) in [6.07, 6.45) is -5.30. The Morgan fingerprint density at radius 2 is 1.80 bits per heavy atom. The van der Waals surface area contributed by atoms with Gasteiger partial charge in [0.15, 0.2) is 5.82 Å². The second-order valence-electron chi connectivity index (χ2n) is 4.16. The Kier molecular flexibility index (Phi) is 4.33. The van der Waals surface area contributed by atoms with Crippen LogP contribution >= 0.6 is 0 Å². The SMILES string of the molecule is OC(Cc1nc(Cc2cc(F)cc(F)c2)no1)C(F)F. The molecule has 2 aromatic rings. The molecule has 0 saturated carbocycles. The number of rotatable bonds is 5. The standard InChI is InChI=1S/C12H10F4N2O2/c13-7-1-6(2-8(14)4-7)3-10-17-11(20-18-10)5-9(19)12(15)16/h1-2,4,9,12,19H,3,5H2. The highest BCUT2D eigenvalue weighted by Gasteiger charge is 2.20. The van der Waals surface area contributed by atoms with E-state index >= 15 is 0 Å². The van der Waals surface area contributed by atoms with E-state index in [9.17, 15) is 17.6 Å². The number of halogens is 4. The van der Waals surface area contributed by atoms with Crippen LogP contribution in [0, 0.1) is 11.6 Å². The number of aliphatic hydroxyl groups is 1. The third kappa shape index (κ3) is 3.77. The summed E-state index contributed by atoms with van der Waals surface area (Å²) in [4.78, 5) is 3.77. The number of hydrogen-bond acceptors (Lipinski definition) is 4. The molecule has 0 saturated heterocycles. The molecule has 0 aliphatic heterocycles. The molecule has 1 atom stereocenters. The summed E-state index contributed by atoms with van der Waals surface area (Å²) >= 11 is 0. The van der Waals surface area contributed by atoms with Crippen molar-refractivity contribution in [1.82, 2.24) is 10.1 Å². The van der Waals surface area contributed by atoms with Crippen molar-refractivity contribution in [2.45, 2.75) is 25.4 Å². The molecule has 1 aromatic heterocycles. The topological polar surface area (TPSA) is 59.2 Å². The summed E-state index contributed by atoms with van der Waals surface area (Å²) in [6.45, 7) is 0. The van der Waals surface area contributed by atoms with Crippen molar-refractivity contribution in [2.24, 2.45) is 0 Å². The maximum absolute atomic E-state index is 13.0. The average Bonchev–Trinajstić information content (AvgIpc) is 2.74. The molecular formula is C12H10F4N2O2. The van der Waals surface area contributed by atoms with Gasteiger partial charge in [0.05, 0.1) is 6.42 Å². The Morgan fingerprint density at radius 3 is 2.40 bits per heavy atom. The molecule has 0 fully saturated rings. The fourth-order valence-corrected chi connectivity index (χ4v) is 1.61. The van der Waals surface area contributed by atoms with Crippen molar-refractivity contribution in [3.8, 4) is 0 Å². The van der Waals surface area contributed by atoms with E-state index in [1.54, 1.807) is 0 Å². The van der Waals surface area contributed by atoms with E-state index in [1.807, 2.05) is 0 Å². The first-order valence-corrected chi connectivity index (χ1v) is 5.66. The zero-order valence-corrected chi connectivity index (χ0v) is 10.1. The zero-order valence-electron chi connectivity index (χ0n) is 10.1. The van der Waals surface area contributed by atoms with Crippen LogP contribution in [0.5, 0.6) is 0 Å². The van der Waals surface area contributed by atoms with Crippen molar-refractivity contribution in [3.05, 3.63) is 47.1 Å². The molecule has 4 nitrogen and oxygen atoms in total. The number of hydrogen-bond donors (Lipinski definition) is 1. The van der Waals surface area contributed by atoms with Crippen LogP contribution in [0.15, 0.2) is 22.7 Å². The van der Waals surface area contributed by atoms with Crippen LogP contribution < -0.4 is 0 Å². The average molecular weight is 290 g/mol. The minimum atomic E-state index is -2.91. The second kappa shape index (κ2) is 6.00. The van der Waals surface area contributed by atoms with Gasteiger partial charge >= 0.3 is 0 Å². The first-order chi connectivity index (χ1) is 9.44. The zero-order chi connectivity index (χ0) is 14.7. The minimum absolute atomic E-state index is 0.0110. The Labute approximate surface area is 111 Å². The molecule has 0 radical (unpaired) electrons. The van der Waals surface area contributed by atoms with Crippen LogP contribution in [0.1, 0.15) is 17.3 Å². The Bertz CT molecular complexity index is 568. The molecule has 8 heteroatoms. The second-order valence-corrected chi connectivity index (χ2v) is 4.16. The number of alkyl halides is 2. The van der Waals surface area contributed by atoms with Gasteiger partial charge in [0.25, 0.3) is 6.43 Å². The van der Waals surface area contributed by atoms with Gasteiger partial charge in [0.1, 0.15) is 17.7 Å². The van der Waals surface area contributed by atoms with E-state index in [0.29, 0.717) is 0 Å². The molecule has 0 spiro atoms. The Morgan fingerprint density at radius 1 is 1.15 bits per heavy atom. The van der Waals surface area contributed by atoms with E-state index < -0.39 is 30.6 Å². The van der Waals surface area contributed by atoms with E-state index in [-0.39, 0.29) is 23.7 Å². The molecule has 1 N–H and O–H groups in total. The van der Waals surface area contributed by atoms with Crippen LogP contribution in [-0.2, 0) is 12.8 Å². The number of nitrogens with zero attached hydrogens (tertiary/aromatic N) is 2. The van der Waals surface area contributed by atoms with Crippen LogP contribution in [0.25, 0.3) is 0 Å². The first-order valence-electron chi connectivity index (χ1n) is 5.66. The molecule has 0 aliphatic rings. The van der Waals surface area contributed by atoms with Crippen LogP contribution in [0.3, 0.4) is 0 Å². The lowest BCUT2D eigenvalue weighted by Gasteiger charge is -2.04. The summed E-state index contributed by atoms with van der Waals surface area (Å²) < 4.78 is 54.9. The number of benzene rings is 1. The predicted molar refractivity (Wildman–Crippen MR) is 59.2 cm³/mol. The minimum Gasteiger partial charge on any atom is -0.387 e.